The molecule has 10 heteroatoms. The van der Waals surface area contributed by atoms with E-state index in [4.69, 9.17) is 5.14 Å². The molecule has 1 heterocycles. The molecule has 156 valence electrons. The summed E-state index contributed by atoms with van der Waals surface area (Å²) in [6.07, 6.45) is 0.893. The Bertz CT molecular complexity index is 1060. The SMILES string of the molecule is NS(=O)(=O)c1ccc(CNC(=O)C2CCN(S(=O)(=O)c3ccccc3)CC2)cc1. The number of primary sulfonamides is 1. The second-order valence-corrected chi connectivity index (χ2v) is 10.4. The van der Waals surface area contributed by atoms with E-state index in [0.717, 1.165) is 5.56 Å². The summed E-state index contributed by atoms with van der Waals surface area (Å²) < 4.78 is 49.2. The number of nitrogens with two attached hydrogens (primary N) is 1. The summed E-state index contributed by atoms with van der Waals surface area (Å²) >= 11 is 0. The monoisotopic (exact) mass is 437 g/mol. The van der Waals surface area contributed by atoms with Crippen LogP contribution in [-0.4, -0.2) is 40.1 Å². The molecule has 0 saturated carbocycles. The third kappa shape index (κ3) is 5.21. The Morgan fingerprint density at radius 1 is 0.931 bits per heavy atom. The van der Waals surface area contributed by atoms with Crippen LogP contribution in [0.2, 0.25) is 0 Å². The lowest BCUT2D eigenvalue weighted by molar-refractivity contribution is -0.126. The topological polar surface area (TPSA) is 127 Å². The number of rotatable bonds is 6. The fraction of sp³-hybridized carbons (Fsp3) is 0.316. The molecule has 0 unspecified atom stereocenters. The smallest absolute Gasteiger partial charge is 0.243 e. The van der Waals surface area contributed by atoms with Gasteiger partial charge in [0.05, 0.1) is 9.79 Å². The van der Waals surface area contributed by atoms with Crippen LogP contribution in [0.5, 0.6) is 0 Å². The van der Waals surface area contributed by atoms with Gasteiger partial charge < -0.3 is 5.32 Å². The Hall–Kier alpha value is -2.27. The Labute approximate surface area is 170 Å². The standard InChI is InChI=1S/C19H23N3O5S2/c20-28(24,25)17-8-6-15(7-9-17)14-21-19(23)16-10-12-22(13-11-16)29(26,27)18-4-2-1-3-5-18/h1-9,16H,10-14H2,(H,21,23)(H2,20,24,25). The fourth-order valence-corrected chi connectivity index (χ4v) is 5.24. The Morgan fingerprint density at radius 3 is 2.07 bits per heavy atom. The highest BCUT2D eigenvalue weighted by molar-refractivity contribution is 7.89. The van der Waals surface area contributed by atoms with Crippen LogP contribution in [0.3, 0.4) is 0 Å². The summed E-state index contributed by atoms with van der Waals surface area (Å²) in [5.74, 6) is -0.404. The summed E-state index contributed by atoms with van der Waals surface area (Å²) in [5, 5.41) is 7.89. The minimum Gasteiger partial charge on any atom is -0.352 e. The zero-order valence-electron chi connectivity index (χ0n) is 15.7. The lowest BCUT2D eigenvalue weighted by Gasteiger charge is -2.30. The highest BCUT2D eigenvalue weighted by Gasteiger charge is 2.31. The van der Waals surface area contributed by atoms with Crippen molar-refractivity contribution in [3.8, 4) is 0 Å². The number of piperidine rings is 1. The second kappa shape index (κ2) is 8.62. The van der Waals surface area contributed by atoms with Gasteiger partial charge in [-0.05, 0) is 42.7 Å². The van der Waals surface area contributed by atoms with Gasteiger partial charge in [-0.15, -0.1) is 0 Å². The number of benzene rings is 2. The molecule has 0 spiro atoms. The highest BCUT2D eigenvalue weighted by atomic mass is 32.2. The summed E-state index contributed by atoms with van der Waals surface area (Å²) in [6, 6.07) is 14.2. The number of hydrogen-bond donors (Lipinski definition) is 2. The van der Waals surface area contributed by atoms with Gasteiger partial charge in [0, 0.05) is 25.6 Å². The molecule has 0 aliphatic carbocycles. The molecule has 1 saturated heterocycles. The lowest BCUT2D eigenvalue weighted by atomic mass is 9.97. The molecular weight excluding hydrogens is 414 g/mol. The molecule has 0 bridgehead atoms. The summed E-state index contributed by atoms with van der Waals surface area (Å²) in [7, 11) is -7.29. The number of amides is 1. The normalized spacial score (nSPS) is 16.4. The number of nitrogens with one attached hydrogen (secondary N) is 1. The molecule has 1 aliphatic heterocycles. The van der Waals surface area contributed by atoms with Crippen LogP contribution in [0.4, 0.5) is 0 Å². The van der Waals surface area contributed by atoms with Crippen LogP contribution in [0, 0.1) is 5.92 Å². The van der Waals surface area contributed by atoms with E-state index in [-0.39, 0.29) is 28.2 Å². The van der Waals surface area contributed by atoms with Crippen LogP contribution in [0.25, 0.3) is 0 Å². The summed E-state index contributed by atoms with van der Waals surface area (Å²) in [5.41, 5.74) is 0.745. The molecule has 1 aliphatic rings. The first kappa shape index (κ1) is 21.4. The van der Waals surface area contributed by atoms with Crippen molar-refractivity contribution in [1.82, 2.24) is 9.62 Å². The van der Waals surface area contributed by atoms with E-state index in [1.807, 2.05) is 0 Å². The van der Waals surface area contributed by atoms with E-state index in [2.05, 4.69) is 5.32 Å². The lowest BCUT2D eigenvalue weighted by Crippen LogP contribution is -2.42. The van der Waals surface area contributed by atoms with Crippen molar-refractivity contribution in [1.29, 1.82) is 0 Å². The summed E-state index contributed by atoms with van der Waals surface area (Å²) in [4.78, 5) is 12.7. The average molecular weight is 438 g/mol. The van der Waals surface area contributed by atoms with Crippen molar-refractivity contribution < 1.29 is 21.6 Å². The third-order valence-corrected chi connectivity index (χ3v) is 7.77. The molecule has 8 nitrogen and oxygen atoms in total. The molecular formula is C19H23N3O5S2. The molecule has 0 aromatic heterocycles. The fourth-order valence-electron chi connectivity index (χ4n) is 3.23. The van der Waals surface area contributed by atoms with Gasteiger partial charge in [-0.25, -0.2) is 22.0 Å². The van der Waals surface area contributed by atoms with Crippen molar-refractivity contribution in [2.75, 3.05) is 13.1 Å². The molecule has 2 aromatic rings. The number of nitrogens with zero attached hydrogens (tertiary/aromatic N) is 1. The molecule has 3 rings (SSSR count). The molecule has 0 atom stereocenters. The largest absolute Gasteiger partial charge is 0.352 e. The third-order valence-electron chi connectivity index (χ3n) is 4.92. The highest BCUT2D eigenvalue weighted by Crippen LogP contribution is 2.24. The maximum Gasteiger partial charge on any atom is 0.243 e. The van der Waals surface area contributed by atoms with Gasteiger partial charge in [-0.2, -0.15) is 4.31 Å². The Morgan fingerprint density at radius 2 is 1.52 bits per heavy atom. The number of sulfonamides is 2. The number of carbonyl (C=O) groups excluding carboxylic acids is 1. The molecule has 29 heavy (non-hydrogen) atoms. The van der Waals surface area contributed by atoms with Gasteiger partial charge in [-0.1, -0.05) is 30.3 Å². The van der Waals surface area contributed by atoms with Crippen molar-refractivity contribution >= 4 is 26.0 Å². The van der Waals surface area contributed by atoms with E-state index >= 15 is 0 Å². The average Bonchev–Trinajstić information content (AvgIpc) is 2.72. The van der Waals surface area contributed by atoms with Gasteiger partial charge in [0.15, 0.2) is 0 Å². The molecule has 2 aromatic carbocycles. The van der Waals surface area contributed by atoms with Crippen LogP contribution in [-0.2, 0) is 31.4 Å². The van der Waals surface area contributed by atoms with Crippen LogP contribution in [0.15, 0.2) is 64.4 Å². The second-order valence-electron chi connectivity index (χ2n) is 6.90. The van der Waals surface area contributed by atoms with Gasteiger partial charge in [0.25, 0.3) is 0 Å². The van der Waals surface area contributed by atoms with E-state index in [1.54, 1.807) is 42.5 Å². The van der Waals surface area contributed by atoms with Gasteiger partial charge in [0.2, 0.25) is 26.0 Å². The predicted molar refractivity (Wildman–Crippen MR) is 108 cm³/mol. The van der Waals surface area contributed by atoms with Gasteiger partial charge in [-0.3, -0.25) is 4.79 Å². The molecule has 3 N–H and O–H groups in total. The van der Waals surface area contributed by atoms with Crippen molar-refractivity contribution in [3.05, 3.63) is 60.2 Å². The van der Waals surface area contributed by atoms with Crippen molar-refractivity contribution in [2.24, 2.45) is 11.1 Å². The molecule has 0 radical (unpaired) electrons. The van der Waals surface area contributed by atoms with E-state index in [1.165, 1.54) is 16.4 Å². The van der Waals surface area contributed by atoms with E-state index in [0.29, 0.717) is 25.9 Å². The summed E-state index contributed by atoms with van der Waals surface area (Å²) in [6.45, 7) is 0.836. The zero-order valence-corrected chi connectivity index (χ0v) is 17.3. The number of hydrogen-bond acceptors (Lipinski definition) is 5. The maximum atomic E-state index is 12.6. The van der Waals surface area contributed by atoms with Gasteiger partial charge >= 0.3 is 0 Å². The van der Waals surface area contributed by atoms with Crippen LogP contribution >= 0.6 is 0 Å². The maximum absolute atomic E-state index is 12.6. The number of carbonyl (C=O) groups is 1. The van der Waals surface area contributed by atoms with Crippen molar-refractivity contribution in [3.63, 3.8) is 0 Å². The van der Waals surface area contributed by atoms with Crippen molar-refractivity contribution in [2.45, 2.75) is 29.2 Å². The zero-order chi connectivity index (χ0) is 21.1. The van der Waals surface area contributed by atoms with Crippen LogP contribution in [0.1, 0.15) is 18.4 Å². The van der Waals surface area contributed by atoms with E-state index < -0.39 is 20.0 Å². The first-order chi connectivity index (χ1) is 13.7. The Balaban J connectivity index is 1.53. The molecule has 1 fully saturated rings. The molecule has 1 amide bonds. The van der Waals surface area contributed by atoms with E-state index in [9.17, 15) is 21.6 Å². The van der Waals surface area contributed by atoms with Crippen LogP contribution < -0.4 is 10.5 Å². The minimum absolute atomic E-state index is 0.0135. The Kier molecular flexibility index (Phi) is 6.37. The minimum atomic E-state index is -3.75. The first-order valence-electron chi connectivity index (χ1n) is 9.12. The first-order valence-corrected chi connectivity index (χ1v) is 12.1. The predicted octanol–water partition coefficient (Wildman–Crippen LogP) is 1.05. The van der Waals surface area contributed by atoms with Gasteiger partial charge in [0.1, 0.15) is 0 Å². The quantitative estimate of drug-likeness (QED) is 0.698.